The van der Waals surface area contributed by atoms with Gasteiger partial charge in [-0.1, -0.05) is 13.8 Å². The lowest BCUT2D eigenvalue weighted by atomic mass is 10.1. The van der Waals surface area contributed by atoms with Gasteiger partial charge in [-0.2, -0.15) is 0 Å². The van der Waals surface area contributed by atoms with Crippen LogP contribution >= 0.6 is 0 Å². The molecule has 2 aromatic rings. The van der Waals surface area contributed by atoms with Gasteiger partial charge in [0.25, 0.3) is 11.8 Å². The lowest BCUT2D eigenvalue weighted by Gasteiger charge is -2.13. The van der Waals surface area contributed by atoms with E-state index in [0.29, 0.717) is 35.3 Å². The first kappa shape index (κ1) is 19.4. The number of amides is 2. The number of benzene rings is 1. The van der Waals surface area contributed by atoms with Crippen LogP contribution in [0, 0.1) is 5.92 Å². The normalized spacial score (nSPS) is 10.5. The third-order valence-electron chi connectivity index (χ3n) is 3.84. The zero-order chi connectivity index (χ0) is 19.1. The highest BCUT2D eigenvalue weighted by Crippen LogP contribution is 2.28. The van der Waals surface area contributed by atoms with Crippen LogP contribution in [0.5, 0.6) is 11.5 Å². The smallest absolute Gasteiger partial charge is 0.286 e. The van der Waals surface area contributed by atoms with Gasteiger partial charge in [0.15, 0.2) is 11.5 Å². The maximum absolute atomic E-state index is 12.3. The molecule has 0 saturated heterocycles. The lowest BCUT2D eigenvalue weighted by molar-refractivity contribution is 0.0842. The zero-order valence-corrected chi connectivity index (χ0v) is 15.5. The molecule has 0 unspecified atom stereocenters. The van der Waals surface area contributed by atoms with Gasteiger partial charge in [0.05, 0.1) is 13.7 Å². The van der Waals surface area contributed by atoms with E-state index in [0.717, 1.165) is 6.42 Å². The minimum absolute atomic E-state index is 0.352. The molecule has 0 aliphatic heterocycles. The lowest BCUT2D eigenvalue weighted by Crippen LogP contribution is -2.42. The zero-order valence-electron chi connectivity index (χ0n) is 15.5. The number of hydrogen-bond donors (Lipinski definition) is 2. The van der Waals surface area contributed by atoms with Gasteiger partial charge >= 0.3 is 0 Å². The Morgan fingerprint density at radius 1 is 1.12 bits per heavy atom. The molecule has 0 atom stereocenters. The molecule has 0 aliphatic carbocycles. The van der Waals surface area contributed by atoms with Crippen LogP contribution in [0.25, 0.3) is 0 Å². The summed E-state index contributed by atoms with van der Waals surface area (Å²) in [5.74, 6) is 0.748. The Morgan fingerprint density at radius 3 is 2.46 bits per heavy atom. The van der Waals surface area contributed by atoms with Gasteiger partial charge in [0.2, 0.25) is 0 Å². The molecule has 1 aromatic carbocycles. The van der Waals surface area contributed by atoms with Gasteiger partial charge in [0.1, 0.15) is 5.69 Å². The molecular formula is C19H25N3O4. The number of hydrogen-bond acceptors (Lipinski definition) is 4. The van der Waals surface area contributed by atoms with E-state index in [1.54, 1.807) is 48.1 Å². The van der Waals surface area contributed by atoms with E-state index in [-0.39, 0.29) is 0 Å². The highest BCUT2D eigenvalue weighted by atomic mass is 16.5. The maximum atomic E-state index is 12.3. The van der Waals surface area contributed by atoms with Crippen LogP contribution in [0.3, 0.4) is 0 Å². The van der Waals surface area contributed by atoms with Crippen molar-refractivity contribution in [3.05, 3.63) is 47.8 Å². The van der Waals surface area contributed by atoms with Crippen molar-refractivity contribution in [2.45, 2.75) is 20.3 Å². The Balaban J connectivity index is 1.98. The monoisotopic (exact) mass is 359 g/mol. The standard InChI is InChI=1S/C19H25N3O4/c1-13(2)9-11-26-16-8-7-14(12-17(16)25-4)18(23)20-21-19(24)15-6-5-10-22(15)3/h5-8,10,12-13H,9,11H2,1-4H3,(H,20,23)(H,21,24). The van der Waals surface area contributed by atoms with E-state index in [9.17, 15) is 9.59 Å². The molecule has 1 aromatic heterocycles. The Labute approximate surface area is 153 Å². The van der Waals surface area contributed by atoms with Crippen molar-refractivity contribution in [2.75, 3.05) is 13.7 Å². The highest BCUT2D eigenvalue weighted by molar-refractivity contribution is 5.98. The summed E-state index contributed by atoms with van der Waals surface area (Å²) in [4.78, 5) is 24.3. The SMILES string of the molecule is COc1cc(C(=O)NNC(=O)c2cccn2C)ccc1OCCC(C)C. The van der Waals surface area contributed by atoms with Gasteiger partial charge < -0.3 is 14.0 Å². The quantitative estimate of drug-likeness (QED) is 0.745. The van der Waals surface area contributed by atoms with Crippen LogP contribution < -0.4 is 20.3 Å². The molecule has 0 saturated carbocycles. The fraction of sp³-hybridized carbons (Fsp3) is 0.368. The van der Waals surface area contributed by atoms with Crippen LogP contribution in [0.4, 0.5) is 0 Å². The first-order valence-electron chi connectivity index (χ1n) is 8.45. The third kappa shape index (κ3) is 5.02. The molecule has 0 fully saturated rings. The van der Waals surface area contributed by atoms with Gasteiger partial charge in [-0.05, 0) is 42.7 Å². The van der Waals surface area contributed by atoms with Gasteiger partial charge in [-0.3, -0.25) is 20.4 Å². The van der Waals surface area contributed by atoms with Gasteiger partial charge in [-0.15, -0.1) is 0 Å². The van der Waals surface area contributed by atoms with E-state index >= 15 is 0 Å². The molecule has 2 N–H and O–H groups in total. The molecule has 2 rings (SSSR count). The fourth-order valence-corrected chi connectivity index (χ4v) is 2.28. The van der Waals surface area contributed by atoms with E-state index < -0.39 is 11.8 Å². The second-order valence-electron chi connectivity index (χ2n) is 6.31. The number of hydrazine groups is 1. The number of aryl methyl sites for hydroxylation is 1. The largest absolute Gasteiger partial charge is 0.493 e. The van der Waals surface area contributed by atoms with Crippen molar-refractivity contribution in [3.63, 3.8) is 0 Å². The summed E-state index contributed by atoms with van der Waals surface area (Å²) in [7, 11) is 3.27. The predicted molar refractivity (Wildman–Crippen MR) is 98.3 cm³/mol. The van der Waals surface area contributed by atoms with E-state index in [1.165, 1.54) is 7.11 Å². The van der Waals surface area contributed by atoms with Gasteiger partial charge in [-0.25, -0.2) is 0 Å². The Morgan fingerprint density at radius 2 is 1.85 bits per heavy atom. The Kier molecular flexibility index (Phi) is 6.66. The Bertz CT molecular complexity index is 768. The number of ether oxygens (including phenoxy) is 2. The predicted octanol–water partition coefficient (Wildman–Crippen LogP) is 2.53. The second kappa shape index (κ2) is 8.94. The van der Waals surface area contributed by atoms with Gasteiger partial charge in [0, 0.05) is 18.8 Å². The molecule has 26 heavy (non-hydrogen) atoms. The summed E-state index contributed by atoms with van der Waals surface area (Å²) in [5.41, 5.74) is 5.58. The van der Waals surface area contributed by atoms with Crippen LogP contribution in [0.15, 0.2) is 36.5 Å². The minimum atomic E-state index is -0.445. The first-order chi connectivity index (χ1) is 12.4. The average Bonchev–Trinajstić information content (AvgIpc) is 3.05. The summed E-state index contributed by atoms with van der Waals surface area (Å²) >= 11 is 0. The first-order valence-corrected chi connectivity index (χ1v) is 8.45. The topological polar surface area (TPSA) is 81.6 Å². The van der Waals surface area contributed by atoms with E-state index in [2.05, 4.69) is 24.7 Å². The van der Waals surface area contributed by atoms with Crippen molar-refractivity contribution in [1.82, 2.24) is 15.4 Å². The van der Waals surface area contributed by atoms with Crippen LogP contribution in [0.2, 0.25) is 0 Å². The number of carbonyl (C=O) groups is 2. The number of nitrogens with one attached hydrogen (secondary N) is 2. The second-order valence-corrected chi connectivity index (χ2v) is 6.31. The summed E-state index contributed by atoms with van der Waals surface area (Å²) in [5, 5.41) is 0. The van der Waals surface area contributed by atoms with Crippen molar-refractivity contribution >= 4 is 11.8 Å². The van der Waals surface area contributed by atoms with Crippen molar-refractivity contribution in [3.8, 4) is 11.5 Å². The molecule has 0 radical (unpaired) electrons. The summed E-state index contributed by atoms with van der Waals surface area (Å²) < 4.78 is 12.7. The van der Waals surface area contributed by atoms with Crippen LogP contribution in [-0.2, 0) is 7.05 Å². The van der Waals surface area contributed by atoms with E-state index in [1.807, 2.05) is 0 Å². The number of rotatable bonds is 7. The van der Waals surface area contributed by atoms with Crippen molar-refractivity contribution in [2.24, 2.45) is 13.0 Å². The molecule has 0 spiro atoms. The van der Waals surface area contributed by atoms with Crippen LogP contribution in [0.1, 0.15) is 41.1 Å². The molecule has 2 amide bonds. The maximum Gasteiger partial charge on any atom is 0.286 e. The molecule has 7 heteroatoms. The number of nitrogens with zero attached hydrogens (tertiary/aromatic N) is 1. The fourth-order valence-electron chi connectivity index (χ4n) is 2.28. The van der Waals surface area contributed by atoms with Crippen LogP contribution in [-0.4, -0.2) is 30.1 Å². The average molecular weight is 359 g/mol. The summed E-state index contributed by atoms with van der Waals surface area (Å²) in [6.07, 6.45) is 2.68. The Hall–Kier alpha value is -2.96. The summed E-state index contributed by atoms with van der Waals surface area (Å²) in [6.45, 7) is 4.82. The number of methoxy groups -OCH3 is 1. The molecule has 7 nitrogen and oxygen atoms in total. The van der Waals surface area contributed by atoms with Crippen molar-refractivity contribution in [1.29, 1.82) is 0 Å². The van der Waals surface area contributed by atoms with Crippen molar-refractivity contribution < 1.29 is 19.1 Å². The summed E-state index contributed by atoms with van der Waals surface area (Å²) in [6, 6.07) is 8.30. The molecule has 1 heterocycles. The number of aromatic nitrogens is 1. The molecule has 140 valence electrons. The minimum Gasteiger partial charge on any atom is -0.493 e. The number of carbonyl (C=O) groups excluding carboxylic acids is 2. The molecule has 0 aliphatic rings. The third-order valence-corrected chi connectivity index (χ3v) is 3.84. The molecular weight excluding hydrogens is 334 g/mol. The highest BCUT2D eigenvalue weighted by Gasteiger charge is 2.14. The van der Waals surface area contributed by atoms with E-state index in [4.69, 9.17) is 9.47 Å². The molecule has 0 bridgehead atoms.